The predicted octanol–water partition coefficient (Wildman–Crippen LogP) is 2.98. The van der Waals surface area contributed by atoms with Gasteiger partial charge in [0.25, 0.3) is 5.91 Å². The fraction of sp³-hybridized carbons (Fsp3) is 0.600. The van der Waals surface area contributed by atoms with Crippen molar-refractivity contribution in [2.75, 3.05) is 20.2 Å². The van der Waals surface area contributed by atoms with Crippen LogP contribution < -0.4 is 14.8 Å². The lowest BCUT2D eigenvalue weighted by atomic mass is 10.1. The summed E-state index contributed by atoms with van der Waals surface area (Å²) < 4.78 is 16.2. The minimum absolute atomic E-state index is 0.0260. The molecule has 1 saturated heterocycles. The average Bonchev–Trinajstić information content (AvgIpc) is 2.61. The Labute approximate surface area is 161 Å². The molecule has 150 valence electrons. The molecular weight excluding hydrogens is 348 g/mol. The Bertz CT molecular complexity index is 631. The Morgan fingerprint density at radius 2 is 1.67 bits per heavy atom. The van der Waals surface area contributed by atoms with Gasteiger partial charge in [0.15, 0.2) is 6.10 Å². The molecule has 1 atom stereocenters. The summed E-state index contributed by atoms with van der Waals surface area (Å²) in [6.45, 7) is 8.39. The molecule has 1 aliphatic heterocycles. The fourth-order valence-electron chi connectivity index (χ4n) is 2.76. The van der Waals surface area contributed by atoms with Crippen molar-refractivity contribution in [1.29, 1.82) is 0 Å². The summed E-state index contributed by atoms with van der Waals surface area (Å²) in [7, 11) is 1.60. The fourth-order valence-corrected chi connectivity index (χ4v) is 2.76. The van der Waals surface area contributed by atoms with Crippen LogP contribution in [0.3, 0.4) is 0 Å². The Kier molecular flexibility index (Phi) is 6.93. The molecule has 1 N–H and O–H groups in total. The third-order valence-corrected chi connectivity index (χ3v) is 4.23. The lowest BCUT2D eigenvalue weighted by Crippen LogP contribution is -2.50. The number of benzene rings is 1. The molecule has 0 spiro atoms. The van der Waals surface area contributed by atoms with Crippen LogP contribution in [0, 0.1) is 0 Å². The van der Waals surface area contributed by atoms with Crippen molar-refractivity contribution in [3.05, 3.63) is 24.3 Å². The Hall–Kier alpha value is -2.44. The molecule has 0 aliphatic carbocycles. The molecule has 1 unspecified atom stereocenters. The van der Waals surface area contributed by atoms with Gasteiger partial charge in [-0.25, -0.2) is 4.79 Å². The molecule has 1 aliphatic rings. The number of nitrogens with one attached hydrogen (secondary N) is 1. The van der Waals surface area contributed by atoms with E-state index in [2.05, 4.69) is 5.32 Å². The highest BCUT2D eigenvalue weighted by molar-refractivity contribution is 5.81. The van der Waals surface area contributed by atoms with Gasteiger partial charge in [-0.05, 0) is 64.8 Å². The smallest absolute Gasteiger partial charge is 0.410 e. The van der Waals surface area contributed by atoms with E-state index >= 15 is 0 Å². The molecule has 0 aromatic heterocycles. The van der Waals surface area contributed by atoms with Gasteiger partial charge in [0.1, 0.15) is 17.1 Å². The predicted molar refractivity (Wildman–Crippen MR) is 102 cm³/mol. The van der Waals surface area contributed by atoms with Crippen LogP contribution in [0.1, 0.15) is 40.5 Å². The van der Waals surface area contributed by atoms with E-state index in [1.54, 1.807) is 43.2 Å². The first-order valence-corrected chi connectivity index (χ1v) is 9.27. The summed E-state index contributed by atoms with van der Waals surface area (Å²) in [6, 6.07) is 7.13. The molecule has 0 saturated carbocycles. The van der Waals surface area contributed by atoms with Gasteiger partial charge >= 0.3 is 6.09 Å². The molecule has 1 aromatic carbocycles. The summed E-state index contributed by atoms with van der Waals surface area (Å²) in [5.74, 6) is 1.18. The Morgan fingerprint density at radius 3 is 2.19 bits per heavy atom. The summed E-state index contributed by atoms with van der Waals surface area (Å²) >= 11 is 0. The molecule has 1 heterocycles. The number of hydrogen-bond acceptors (Lipinski definition) is 5. The van der Waals surface area contributed by atoms with E-state index in [0.717, 1.165) is 5.75 Å². The molecule has 7 heteroatoms. The second kappa shape index (κ2) is 8.97. The van der Waals surface area contributed by atoms with Crippen LogP contribution in [-0.2, 0) is 9.53 Å². The number of amides is 2. The van der Waals surface area contributed by atoms with Crippen LogP contribution in [0.4, 0.5) is 4.79 Å². The van der Waals surface area contributed by atoms with Crippen molar-refractivity contribution in [3.63, 3.8) is 0 Å². The zero-order valence-corrected chi connectivity index (χ0v) is 16.8. The zero-order chi connectivity index (χ0) is 20.0. The topological polar surface area (TPSA) is 77.1 Å². The minimum Gasteiger partial charge on any atom is -0.497 e. The zero-order valence-electron chi connectivity index (χ0n) is 16.8. The first kappa shape index (κ1) is 20.9. The summed E-state index contributed by atoms with van der Waals surface area (Å²) in [5, 5.41) is 3.00. The molecule has 0 bridgehead atoms. The maximum Gasteiger partial charge on any atom is 0.410 e. The second-order valence-corrected chi connectivity index (χ2v) is 7.69. The van der Waals surface area contributed by atoms with Gasteiger partial charge in [0, 0.05) is 19.1 Å². The third-order valence-electron chi connectivity index (χ3n) is 4.23. The van der Waals surface area contributed by atoms with Crippen molar-refractivity contribution >= 4 is 12.0 Å². The summed E-state index contributed by atoms with van der Waals surface area (Å²) in [5.41, 5.74) is -0.504. The maximum atomic E-state index is 12.4. The maximum absolute atomic E-state index is 12.4. The summed E-state index contributed by atoms with van der Waals surface area (Å²) in [6.07, 6.45) is 0.478. The largest absolute Gasteiger partial charge is 0.497 e. The number of carbonyl (C=O) groups is 2. The van der Waals surface area contributed by atoms with Gasteiger partial charge in [-0.2, -0.15) is 0 Å². The summed E-state index contributed by atoms with van der Waals surface area (Å²) in [4.78, 5) is 26.1. The Balaban J connectivity index is 1.77. The number of rotatable bonds is 5. The highest BCUT2D eigenvalue weighted by Crippen LogP contribution is 2.19. The van der Waals surface area contributed by atoms with E-state index in [9.17, 15) is 9.59 Å². The first-order chi connectivity index (χ1) is 12.7. The molecule has 2 amide bonds. The van der Waals surface area contributed by atoms with Crippen molar-refractivity contribution in [2.24, 2.45) is 0 Å². The van der Waals surface area contributed by atoms with Gasteiger partial charge in [-0.15, -0.1) is 0 Å². The second-order valence-electron chi connectivity index (χ2n) is 7.69. The van der Waals surface area contributed by atoms with Crippen LogP contribution in [0.25, 0.3) is 0 Å². The van der Waals surface area contributed by atoms with E-state index in [-0.39, 0.29) is 18.0 Å². The van der Waals surface area contributed by atoms with Crippen LogP contribution in [0.15, 0.2) is 24.3 Å². The molecule has 0 radical (unpaired) electrons. The minimum atomic E-state index is -0.609. The lowest BCUT2D eigenvalue weighted by molar-refractivity contribution is -0.128. The standard InChI is InChI=1S/C20H30N2O5/c1-14(26-17-8-6-16(25-5)7-9-17)18(23)21-15-10-12-22(13-11-15)19(24)27-20(2,3)4/h6-9,14-15H,10-13H2,1-5H3,(H,21,23). The SMILES string of the molecule is COc1ccc(OC(C)C(=O)NC2CCN(C(=O)OC(C)(C)C)CC2)cc1. The van der Waals surface area contributed by atoms with Crippen LogP contribution in [0.2, 0.25) is 0 Å². The Morgan fingerprint density at radius 1 is 1.11 bits per heavy atom. The average molecular weight is 378 g/mol. The number of carbonyl (C=O) groups excluding carboxylic acids is 2. The number of ether oxygens (including phenoxy) is 3. The molecule has 1 fully saturated rings. The van der Waals surface area contributed by atoms with Gasteiger partial charge < -0.3 is 24.4 Å². The van der Waals surface area contributed by atoms with E-state index in [1.165, 1.54) is 0 Å². The van der Waals surface area contributed by atoms with Crippen molar-refractivity contribution in [3.8, 4) is 11.5 Å². The van der Waals surface area contributed by atoms with Gasteiger partial charge in [-0.1, -0.05) is 0 Å². The molecule has 7 nitrogen and oxygen atoms in total. The quantitative estimate of drug-likeness (QED) is 0.852. The van der Waals surface area contributed by atoms with Crippen molar-refractivity contribution in [1.82, 2.24) is 10.2 Å². The molecule has 27 heavy (non-hydrogen) atoms. The molecular formula is C20H30N2O5. The van der Waals surface area contributed by atoms with Crippen LogP contribution in [-0.4, -0.2) is 54.8 Å². The number of likely N-dealkylation sites (tertiary alicyclic amines) is 1. The van der Waals surface area contributed by atoms with E-state index in [0.29, 0.717) is 31.7 Å². The van der Waals surface area contributed by atoms with E-state index in [1.807, 2.05) is 20.8 Å². The number of hydrogen-bond donors (Lipinski definition) is 1. The third kappa shape index (κ3) is 6.66. The van der Waals surface area contributed by atoms with E-state index < -0.39 is 11.7 Å². The van der Waals surface area contributed by atoms with Crippen molar-refractivity contribution in [2.45, 2.75) is 58.3 Å². The highest BCUT2D eigenvalue weighted by Gasteiger charge is 2.28. The molecule has 2 rings (SSSR count). The van der Waals surface area contributed by atoms with Crippen LogP contribution >= 0.6 is 0 Å². The molecule has 1 aromatic rings. The van der Waals surface area contributed by atoms with Crippen LogP contribution in [0.5, 0.6) is 11.5 Å². The monoisotopic (exact) mass is 378 g/mol. The highest BCUT2D eigenvalue weighted by atomic mass is 16.6. The lowest BCUT2D eigenvalue weighted by Gasteiger charge is -2.34. The van der Waals surface area contributed by atoms with Gasteiger partial charge in [0.2, 0.25) is 0 Å². The number of piperidine rings is 1. The van der Waals surface area contributed by atoms with E-state index in [4.69, 9.17) is 14.2 Å². The normalized spacial score (nSPS) is 16.4. The first-order valence-electron chi connectivity index (χ1n) is 9.27. The number of nitrogens with zero attached hydrogens (tertiary/aromatic N) is 1. The van der Waals surface area contributed by atoms with Crippen molar-refractivity contribution < 1.29 is 23.8 Å². The van der Waals surface area contributed by atoms with Gasteiger partial charge in [-0.3, -0.25) is 4.79 Å². The van der Waals surface area contributed by atoms with Gasteiger partial charge in [0.05, 0.1) is 7.11 Å². The number of methoxy groups -OCH3 is 1.